The average Bonchev–Trinajstić information content (AvgIpc) is 2.59. The standard InChI is InChI=1S/C19H20FNO3/c1-4-16(18(22)13-8-10-14(20)11-9-13)21-19(23)15-6-5-7-17(24-3)12(15)2/h5-11,16H,4H2,1-3H3,(H,21,23). The Morgan fingerprint density at radius 1 is 1.17 bits per heavy atom. The first-order valence-electron chi connectivity index (χ1n) is 7.72. The predicted molar refractivity (Wildman–Crippen MR) is 90.0 cm³/mol. The molecule has 0 aliphatic heterocycles. The van der Waals surface area contributed by atoms with E-state index < -0.39 is 11.9 Å². The molecule has 2 aromatic rings. The molecule has 1 amide bonds. The molecule has 1 unspecified atom stereocenters. The van der Waals surface area contributed by atoms with Gasteiger partial charge in [0, 0.05) is 16.7 Å². The summed E-state index contributed by atoms with van der Waals surface area (Å²) in [5, 5.41) is 2.75. The van der Waals surface area contributed by atoms with Crippen molar-refractivity contribution in [1.29, 1.82) is 0 Å². The monoisotopic (exact) mass is 329 g/mol. The van der Waals surface area contributed by atoms with Crippen LogP contribution >= 0.6 is 0 Å². The first-order valence-corrected chi connectivity index (χ1v) is 7.72. The lowest BCUT2D eigenvalue weighted by molar-refractivity contribution is 0.0854. The van der Waals surface area contributed by atoms with E-state index in [1.165, 1.54) is 31.4 Å². The van der Waals surface area contributed by atoms with Crippen LogP contribution in [-0.4, -0.2) is 24.8 Å². The topological polar surface area (TPSA) is 55.4 Å². The minimum absolute atomic E-state index is 0.244. The summed E-state index contributed by atoms with van der Waals surface area (Å²) in [6.07, 6.45) is 0.435. The Morgan fingerprint density at radius 2 is 1.83 bits per heavy atom. The third kappa shape index (κ3) is 3.79. The fraction of sp³-hybridized carbons (Fsp3) is 0.263. The van der Waals surface area contributed by atoms with Crippen LogP contribution in [0.1, 0.15) is 39.6 Å². The largest absolute Gasteiger partial charge is 0.496 e. The van der Waals surface area contributed by atoms with Crippen molar-refractivity contribution >= 4 is 11.7 Å². The number of nitrogens with one attached hydrogen (secondary N) is 1. The Kier molecular flexibility index (Phi) is 5.68. The zero-order valence-corrected chi connectivity index (χ0v) is 13.9. The molecule has 0 saturated heterocycles. The van der Waals surface area contributed by atoms with Gasteiger partial charge in [-0.2, -0.15) is 0 Å². The predicted octanol–water partition coefficient (Wildman–Crippen LogP) is 3.53. The number of carbonyl (C=O) groups excluding carboxylic acids is 2. The normalized spacial score (nSPS) is 11.7. The molecule has 0 saturated carbocycles. The van der Waals surface area contributed by atoms with Gasteiger partial charge in [-0.3, -0.25) is 9.59 Å². The lowest BCUT2D eigenvalue weighted by Gasteiger charge is -2.17. The number of Topliss-reactive ketones (excluding diaryl/α,β-unsaturated/α-hetero) is 1. The molecular weight excluding hydrogens is 309 g/mol. The molecule has 24 heavy (non-hydrogen) atoms. The van der Waals surface area contributed by atoms with Gasteiger partial charge in [0.25, 0.3) is 5.91 Å². The zero-order valence-electron chi connectivity index (χ0n) is 13.9. The van der Waals surface area contributed by atoms with E-state index in [1.54, 1.807) is 25.1 Å². The van der Waals surface area contributed by atoms with E-state index in [-0.39, 0.29) is 11.7 Å². The molecule has 0 aromatic heterocycles. The molecule has 2 rings (SSSR count). The molecule has 4 nitrogen and oxygen atoms in total. The summed E-state index contributed by atoms with van der Waals surface area (Å²) in [5.74, 6) is -0.378. The SMILES string of the molecule is CCC(NC(=O)c1cccc(OC)c1C)C(=O)c1ccc(F)cc1. The van der Waals surface area contributed by atoms with Crippen LogP contribution < -0.4 is 10.1 Å². The number of ketones is 1. The molecule has 5 heteroatoms. The maximum Gasteiger partial charge on any atom is 0.252 e. The number of rotatable bonds is 6. The molecule has 2 aromatic carbocycles. The molecule has 0 heterocycles. The minimum Gasteiger partial charge on any atom is -0.496 e. The fourth-order valence-electron chi connectivity index (χ4n) is 2.49. The van der Waals surface area contributed by atoms with Crippen molar-refractivity contribution in [2.45, 2.75) is 26.3 Å². The van der Waals surface area contributed by atoms with E-state index in [4.69, 9.17) is 4.74 Å². The minimum atomic E-state index is -0.673. The van der Waals surface area contributed by atoms with Gasteiger partial charge in [0.15, 0.2) is 5.78 Å². The summed E-state index contributed by atoms with van der Waals surface area (Å²) < 4.78 is 18.2. The van der Waals surface area contributed by atoms with E-state index in [1.807, 2.05) is 6.92 Å². The first-order chi connectivity index (χ1) is 11.5. The summed E-state index contributed by atoms with van der Waals surface area (Å²) in [6, 6.07) is 9.81. The summed E-state index contributed by atoms with van der Waals surface area (Å²) in [5.41, 5.74) is 1.53. The second-order valence-electron chi connectivity index (χ2n) is 5.44. The highest BCUT2D eigenvalue weighted by molar-refractivity contribution is 6.04. The van der Waals surface area contributed by atoms with E-state index in [0.717, 1.165) is 0 Å². The maximum absolute atomic E-state index is 13.0. The molecular formula is C19H20FNO3. The van der Waals surface area contributed by atoms with Crippen molar-refractivity contribution in [3.63, 3.8) is 0 Å². The lowest BCUT2D eigenvalue weighted by atomic mass is 10.0. The molecule has 1 N–H and O–H groups in total. The Labute approximate surface area is 140 Å². The van der Waals surface area contributed by atoms with E-state index >= 15 is 0 Å². The van der Waals surface area contributed by atoms with Gasteiger partial charge in [0.2, 0.25) is 0 Å². The number of benzene rings is 2. The van der Waals surface area contributed by atoms with Gasteiger partial charge in [-0.05, 0) is 49.7 Å². The van der Waals surface area contributed by atoms with E-state index in [0.29, 0.717) is 28.9 Å². The Balaban J connectivity index is 2.19. The quantitative estimate of drug-likeness (QED) is 0.825. The Bertz CT molecular complexity index is 741. The average molecular weight is 329 g/mol. The van der Waals surface area contributed by atoms with Gasteiger partial charge in [-0.1, -0.05) is 13.0 Å². The van der Waals surface area contributed by atoms with Crippen molar-refractivity contribution in [2.24, 2.45) is 0 Å². The number of halogens is 1. The highest BCUT2D eigenvalue weighted by Gasteiger charge is 2.22. The van der Waals surface area contributed by atoms with Crippen molar-refractivity contribution in [3.05, 3.63) is 65.0 Å². The molecule has 0 aliphatic rings. The third-order valence-corrected chi connectivity index (χ3v) is 3.91. The second kappa shape index (κ2) is 7.73. The second-order valence-corrected chi connectivity index (χ2v) is 5.44. The van der Waals surface area contributed by atoms with Crippen LogP contribution in [-0.2, 0) is 0 Å². The molecule has 1 atom stereocenters. The molecule has 0 spiro atoms. The summed E-state index contributed by atoms with van der Waals surface area (Å²) in [6.45, 7) is 3.60. The van der Waals surface area contributed by atoms with Crippen molar-refractivity contribution in [3.8, 4) is 5.75 Å². The molecule has 0 radical (unpaired) electrons. The van der Waals surface area contributed by atoms with Gasteiger partial charge in [-0.25, -0.2) is 4.39 Å². The third-order valence-electron chi connectivity index (χ3n) is 3.91. The fourth-order valence-corrected chi connectivity index (χ4v) is 2.49. The van der Waals surface area contributed by atoms with Crippen LogP contribution in [0.3, 0.4) is 0 Å². The van der Waals surface area contributed by atoms with E-state index in [2.05, 4.69) is 5.32 Å². The van der Waals surface area contributed by atoms with Gasteiger partial charge in [-0.15, -0.1) is 0 Å². The van der Waals surface area contributed by atoms with Crippen LogP contribution in [0.15, 0.2) is 42.5 Å². The number of hydrogen-bond donors (Lipinski definition) is 1. The lowest BCUT2D eigenvalue weighted by Crippen LogP contribution is -2.40. The number of amides is 1. The zero-order chi connectivity index (χ0) is 17.7. The maximum atomic E-state index is 13.0. The van der Waals surface area contributed by atoms with Crippen LogP contribution in [0.25, 0.3) is 0 Å². The Hall–Kier alpha value is -2.69. The molecule has 0 bridgehead atoms. The van der Waals surface area contributed by atoms with E-state index in [9.17, 15) is 14.0 Å². The Morgan fingerprint density at radius 3 is 2.42 bits per heavy atom. The van der Waals surface area contributed by atoms with Gasteiger partial charge in [0.05, 0.1) is 13.2 Å². The molecule has 0 fully saturated rings. The van der Waals surface area contributed by atoms with Gasteiger partial charge >= 0.3 is 0 Å². The van der Waals surface area contributed by atoms with Crippen LogP contribution in [0, 0.1) is 12.7 Å². The van der Waals surface area contributed by atoms with Crippen molar-refractivity contribution in [2.75, 3.05) is 7.11 Å². The van der Waals surface area contributed by atoms with Gasteiger partial charge < -0.3 is 10.1 Å². The highest BCUT2D eigenvalue weighted by Crippen LogP contribution is 2.21. The van der Waals surface area contributed by atoms with Gasteiger partial charge in [0.1, 0.15) is 11.6 Å². The van der Waals surface area contributed by atoms with Crippen molar-refractivity contribution < 1.29 is 18.7 Å². The summed E-state index contributed by atoms with van der Waals surface area (Å²) >= 11 is 0. The van der Waals surface area contributed by atoms with Crippen LogP contribution in [0.2, 0.25) is 0 Å². The summed E-state index contributed by atoms with van der Waals surface area (Å²) in [7, 11) is 1.54. The highest BCUT2D eigenvalue weighted by atomic mass is 19.1. The van der Waals surface area contributed by atoms with Crippen LogP contribution in [0.4, 0.5) is 4.39 Å². The number of methoxy groups -OCH3 is 1. The van der Waals surface area contributed by atoms with Crippen molar-refractivity contribution in [1.82, 2.24) is 5.32 Å². The smallest absolute Gasteiger partial charge is 0.252 e. The number of ether oxygens (including phenoxy) is 1. The first kappa shape index (κ1) is 17.7. The summed E-state index contributed by atoms with van der Waals surface area (Å²) in [4.78, 5) is 25.0. The molecule has 126 valence electrons. The number of carbonyl (C=O) groups is 2. The molecule has 0 aliphatic carbocycles. The number of hydrogen-bond acceptors (Lipinski definition) is 3. The van der Waals surface area contributed by atoms with Crippen LogP contribution in [0.5, 0.6) is 5.75 Å².